The average molecular weight is 523 g/mol. The summed E-state index contributed by atoms with van der Waals surface area (Å²) < 4.78 is 15.4. The van der Waals surface area contributed by atoms with Gasteiger partial charge in [0, 0.05) is 7.11 Å². The van der Waals surface area contributed by atoms with E-state index in [1.54, 1.807) is 18.2 Å². The number of carbonyl (C=O) groups excluding carboxylic acids is 3. The van der Waals surface area contributed by atoms with E-state index >= 15 is 0 Å². The molecule has 11 nitrogen and oxygen atoms in total. The number of ether oxygens (including phenoxy) is 3. The van der Waals surface area contributed by atoms with Crippen LogP contribution in [0.25, 0.3) is 0 Å². The van der Waals surface area contributed by atoms with Crippen LogP contribution in [0.5, 0.6) is 0 Å². The third-order valence-corrected chi connectivity index (χ3v) is 5.69. The summed E-state index contributed by atoms with van der Waals surface area (Å²) in [5, 5.41) is 36.1. The molecule has 0 saturated carbocycles. The molecule has 6 unspecified atom stereocenters. The molecule has 1 aliphatic rings. The van der Waals surface area contributed by atoms with E-state index in [9.17, 15) is 29.7 Å². The van der Waals surface area contributed by atoms with E-state index in [4.69, 9.17) is 14.2 Å². The van der Waals surface area contributed by atoms with E-state index < -0.39 is 54.5 Å². The summed E-state index contributed by atoms with van der Waals surface area (Å²) in [5.41, 5.74) is 0.533. The van der Waals surface area contributed by atoms with Crippen molar-refractivity contribution in [3.63, 3.8) is 0 Å². The molecule has 1 saturated heterocycles. The maximum atomic E-state index is 12.8. The second kappa shape index (κ2) is 14.1. The summed E-state index contributed by atoms with van der Waals surface area (Å²) in [6, 6.07) is 8.10. The molecule has 1 aliphatic heterocycles. The first-order valence-electron chi connectivity index (χ1n) is 12.1. The Balaban J connectivity index is 1.89. The molecule has 5 N–H and O–H groups in total. The van der Waals surface area contributed by atoms with E-state index in [1.807, 2.05) is 39.0 Å². The molecule has 0 spiro atoms. The first kappa shape index (κ1) is 30.2. The maximum absolute atomic E-state index is 12.8. The lowest BCUT2D eigenvalue weighted by Crippen LogP contribution is -2.55. The first-order chi connectivity index (χ1) is 17.4. The number of allylic oxidation sites excluding steroid dienone is 1. The topological polar surface area (TPSA) is 164 Å². The van der Waals surface area contributed by atoms with Gasteiger partial charge in [0.2, 0.25) is 5.91 Å². The van der Waals surface area contributed by atoms with Crippen LogP contribution in [-0.2, 0) is 30.4 Å². The maximum Gasteiger partial charge on any atom is 0.508 e. The van der Waals surface area contributed by atoms with Gasteiger partial charge in [0.05, 0.1) is 6.54 Å². The van der Waals surface area contributed by atoms with Gasteiger partial charge in [0.1, 0.15) is 37.1 Å². The Hall–Kier alpha value is -2.99. The molecule has 206 valence electrons. The van der Waals surface area contributed by atoms with Gasteiger partial charge >= 0.3 is 6.16 Å². The third-order valence-electron chi connectivity index (χ3n) is 5.69. The van der Waals surface area contributed by atoms with Crippen molar-refractivity contribution in [2.45, 2.75) is 76.8 Å². The molecule has 1 aromatic carbocycles. The van der Waals surface area contributed by atoms with Crippen LogP contribution in [0.15, 0.2) is 42.5 Å². The quantitative estimate of drug-likeness (QED) is 0.221. The second-order valence-corrected chi connectivity index (χ2v) is 10.0. The zero-order chi connectivity index (χ0) is 27.6. The van der Waals surface area contributed by atoms with Crippen molar-refractivity contribution >= 4 is 18.0 Å². The highest BCUT2D eigenvalue weighted by Crippen LogP contribution is 2.17. The monoisotopic (exact) mass is 522 g/mol. The largest absolute Gasteiger partial charge is 0.508 e. The van der Waals surface area contributed by atoms with Gasteiger partial charge in [-0.1, -0.05) is 63.3 Å². The lowest BCUT2D eigenvalue weighted by Gasteiger charge is -2.28. The number of rotatable bonds is 10. The van der Waals surface area contributed by atoms with Gasteiger partial charge in [-0.2, -0.15) is 0 Å². The fourth-order valence-corrected chi connectivity index (χ4v) is 3.59. The smallest absolute Gasteiger partial charge is 0.429 e. The highest BCUT2D eigenvalue weighted by molar-refractivity contribution is 5.89. The van der Waals surface area contributed by atoms with Gasteiger partial charge in [-0.15, -0.1) is 0 Å². The molecule has 1 fully saturated rings. The SMILES string of the molecule is COC(C(=O)NC1CCC(OC(=O)OCc2ccccc2)CNC1=O)C(O)C(O)C(O)C=CC(C)(C)C. The zero-order valence-corrected chi connectivity index (χ0v) is 21.6. The molecule has 0 aromatic heterocycles. The highest BCUT2D eigenvalue weighted by Gasteiger charge is 2.37. The number of hydrogen-bond acceptors (Lipinski definition) is 9. The first-order valence-corrected chi connectivity index (χ1v) is 12.1. The van der Waals surface area contributed by atoms with E-state index in [2.05, 4.69) is 10.6 Å². The molecule has 6 atom stereocenters. The lowest BCUT2D eigenvalue weighted by atomic mass is 9.94. The minimum atomic E-state index is -1.77. The summed E-state index contributed by atoms with van der Waals surface area (Å²) in [6.07, 6.45) is -4.62. The van der Waals surface area contributed by atoms with Crippen LogP contribution in [0, 0.1) is 5.41 Å². The molecule has 37 heavy (non-hydrogen) atoms. The summed E-state index contributed by atoms with van der Waals surface area (Å²) in [6.45, 7) is 5.76. The van der Waals surface area contributed by atoms with Crippen molar-refractivity contribution in [2.75, 3.05) is 13.7 Å². The average Bonchev–Trinajstić information content (AvgIpc) is 3.02. The van der Waals surface area contributed by atoms with E-state index in [1.165, 1.54) is 6.08 Å². The van der Waals surface area contributed by atoms with E-state index in [0.29, 0.717) is 0 Å². The van der Waals surface area contributed by atoms with Crippen molar-refractivity contribution < 1.29 is 43.9 Å². The van der Waals surface area contributed by atoms with Crippen molar-refractivity contribution in [1.82, 2.24) is 10.6 Å². The summed E-state index contributed by atoms with van der Waals surface area (Å²) in [7, 11) is 1.16. The Morgan fingerprint density at radius 2 is 1.81 bits per heavy atom. The Morgan fingerprint density at radius 1 is 1.14 bits per heavy atom. The number of nitrogens with one attached hydrogen (secondary N) is 2. The molecule has 0 aliphatic carbocycles. The molecule has 2 rings (SSSR count). The number of carbonyl (C=O) groups is 3. The van der Waals surface area contributed by atoms with E-state index in [0.717, 1.165) is 12.7 Å². The van der Waals surface area contributed by atoms with Gasteiger partial charge in [-0.3, -0.25) is 9.59 Å². The van der Waals surface area contributed by atoms with Crippen LogP contribution >= 0.6 is 0 Å². The number of amides is 2. The number of benzene rings is 1. The minimum Gasteiger partial charge on any atom is -0.429 e. The fraction of sp³-hybridized carbons (Fsp3) is 0.577. The Bertz CT molecular complexity index is 916. The predicted octanol–water partition coefficient (Wildman–Crippen LogP) is 0.803. The molecule has 1 aromatic rings. The van der Waals surface area contributed by atoms with E-state index in [-0.39, 0.29) is 31.4 Å². The molecule has 0 bridgehead atoms. The van der Waals surface area contributed by atoms with Gasteiger partial charge in [0.15, 0.2) is 6.10 Å². The fourth-order valence-electron chi connectivity index (χ4n) is 3.59. The Kier molecular flexibility index (Phi) is 11.5. The Morgan fingerprint density at radius 3 is 2.43 bits per heavy atom. The van der Waals surface area contributed by atoms with Crippen LogP contribution in [0.2, 0.25) is 0 Å². The van der Waals surface area contributed by atoms with Gasteiger partial charge in [-0.05, 0) is 23.8 Å². The molecule has 1 heterocycles. The molecule has 11 heteroatoms. The number of hydrogen-bond donors (Lipinski definition) is 5. The predicted molar refractivity (Wildman–Crippen MR) is 133 cm³/mol. The molecule has 0 radical (unpaired) electrons. The van der Waals surface area contributed by atoms with Crippen LogP contribution in [0.3, 0.4) is 0 Å². The summed E-state index contributed by atoms with van der Waals surface area (Å²) in [4.78, 5) is 37.3. The van der Waals surface area contributed by atoms with Crippen molar-refractivity contribution in [3.05, 3.63) is 48.0 Å². The number of aliphatic hydroxyl groups is 3. The van der Waals surface area contributed by atoms with Gasteiger partial charge in [-0.25, -0.2) is 4.79 Å². The van der Waals surface area contributed by atoms with Crippen LogP contribution < -0.4 is 10.6 Å². The van der Waals surface area contributed by atoms with Gasteiger partial charge < -0.3 is 40.2 Å². The van der Waals surface area contributed by atoms with Crippen molar-refractivity contribution in [2.24, 2.45) is 5.41 Å². The highest BCUT2D eigenvalue weighted by atomic mass is 16.7. The Labute approximate surface area is 216 Å². The zero-order valence-electron chi connectivity index (χ0n) is 21.6. The lowest BCUT2D eigenvalue weighted by molar-refractivity contribution is -0.150. The summed E-state index contributed by atoms with van der Waals surface area (Å²) in [5.74, 6) is -1.35. The normalized spacial score (nSPS) is 21.8. The van der Waals surface area contributed by atoms with Crippen LogP contribution in [-0.4, -0.2) is 83.5 Å². The molecule has 2 amide bonds. The third kappa shape index (κ3) is 10.1. The van der Waals surface area contributed by atoms with Gasteiger partial charge in [0.25, 0.3) is 5.91 Å². The standard InChI is InChI=1S/C26H38N2O9/c1-26(2,3)13-12-19(29)20(30)21(31)22(35-4)24(33)28-18-11-10-17(14-27-23(18)32)37-25(34)36-15-16-8-6-5-7-9-16/h5-9,12-13,17-22,29-31H,10-11,14-15H2,1-4H3,(H,27,32)(H,28,33). The van der Waals surface area contributed by atoms with Crippen molar-refractivity contribution in [3.8, 4) is 0 Å². The second-order valence-electron chi connectivity index (χ2n) is 10.0. The summed E-state index contributed by atoms with van der Waals surface area (Å²) >= 11 is 0. The minimum absolute atomic E-state index is 0.0347. The molecular formula is C26H38N2O9. The van der Waals surface area contributed by atoms with Crippen LogP contribution in [0.1, 0.15) is 39.2 Å². The molecular weight excluding hydrogens is 484 g/mol. The van der Waals surface area contributed by atoms with Crippen LogP contribution in [0.4, 0.5) is 4.79 Å². The number of aliphatic hydroxyl groups excluding tert-OH is 3. The van der Waals surface area contributed by atoms with Crippen molar-refractivity contribution in [1.29, 1.82) is 0 Å². The number of methoxy groups -OCH3 is 1.